The molecule has 31 heavy (non-hydrogen) atoms. The molecule has 1 amide bonds. The van der Waals surface area contributed by atoms with Crippen LogP contribution in [0, 0.1) is 0 Å². The fourth-order valence-corrected chi connectivity index (χ4v) is 3.23. The first kappa shape index (κ1) is 22.8. The van der Waals surface area contributed by atoms with E-state index in [4.69, 9.17) is 32.7 Å². The molecule has 0 heterocycles. The number of carbonyl (C=O) groups is 2. The van der Waals surface area contributed by atoms with E-state index in [1.165, 1.54) is 12.3 Å². The lowest BCUT2D eigenvalue weighted by molar-refractivity contribution is -0.123. The fraction of sp³-hybridized carbons (Fsp3) is 0.0455. The lowest BCUT2D eigenvalue weighted by Gasteiger charge is -2.08. The smallest absolute Gasteiger partial charge is 0.343 e. The summed E-state index contributed by atoms with van der Waals surface area (Å²) >= 11 is 15.2. The van der Waals surface area contributed by atoms with Crippen LogP contribution in [0.1, 0.15) is 15.9 Å². The molecule has 3 aromatic rings. The number of hydrazone groups is 1. The maximum Gasteiger partial charge on any atom is 0.343 e. The van der Waals surface area contributed by atoms with Crippen molar-refractivity contribution in [1.29, 1.82) is 0 Å². The third kappa shape index (κ3) is 6.82. The van der Waals surface area contributed by atoms with E-state index in [9.17, 15) is 9.59 Å². The van der Waals surface area contributed by atoms with E-state index < -0.39 is 11.9 Å². The van der Waals surface area contributed by atoms with Crippen molar-refractivity contribution in [2.45, 2.75) is 0 Å². The molecule has 6 nitrogen and oxygen atoms in total. The quantitative estimate of drug-likeness (QED) is 0.192. The number of hydrogen-bond donors (Lipinski definition) is 1. The van der Waals surface area contributed by atoms with Crippen LogP contribution in [0.5, 0.6) is 11.5 Å². The van der Waals surface area contributed by atoms with Gasteiger partial charge in [0.25, 0.3) is 5.91 Å². The summed E-state index contributed by atoms with van der Waals surface area (Å²) in [6, 6.07) is 18.3. The zero-order valence-corrected chi connectivity index (χ0v) is 18.9. The highest BCUT2D eigenvalue weighted by Crippen LogP contribution is 2.27. The SMILES string of the molecule is O=C(COc1ccc(Cl)cc1Cl)NN=Cc1cc(Br)ccc1OC(=O)c1ccccc1. The number of benzene rings is 3. The summed E-state index contributed by atoms with van der Waals surface area (Å²) in [7, 11) is 0. The van der Waals surface area contributed by atoms with Crippen LogP contribution in [0.3, 0.4) is 0 Å². The number of carbonyl (C=O) groups excluding carboxylic acids is 2. The average molecular weight is 522 g/mol. The van der Waals surface area contributed by atoms with Gasteiger partial charge in [0.1, 0.15) is 11.5 Å². The van der Waals surface area contributed by atoms with E-state index in [-0.39, 0.29) is 6.61 Å². The summed E-state index contributed by atoms with van der Waals surface area (Å²) in [6.45, 7) is -0.299. The van der Waals surface area contributed by atoms with Crippen LogP contribution in [-0.2, 0) is 4.79 Å². The molecule has 0 aliphatic heterocycles. The minimum atomic E-state index is -0.505. The standard InChI is InChI=1S/C22H15BrCl2N2O4/c23-16-6-8-19(31-22(29)14-4-2-1-3-5-14)15(10-16)12-26-27-21(28)13-30-20-9-7-17(24)11-18(20)25/h1-12H,13H2,(H,27,28). The Hall–Kier alpha value is -2.87. The molecule has 0 aromatic heterocycles. The topological polar surface area (TPSA) is 77.0 Å². The Balaban J connectivity index is 1.61. The molecule has 1 N–H and O–H groups in total. The summed E-state index contributed by atoms with van der Waals surface area (Å²) in [5, 5.41) is 4.66. The summed E-state index contributed by atoms with van der Waals surface area (Å²) in [4.78, 5) is 24.3. The monoisotopic (exact) mass is 520 g/mol. The van der Waals surface area contributed by atoms with E-state index in [1.807, 2.05) is 6.07 Å². The Bertz CT molecular complexity index is 1120. The summed E-state index contributed by atoms with van der Waals surface area (Å²) < 4.78 is 11.6. The van der Waals surface area contributed by atoms with Crippen LogP contribution in [-0.4, -0.2) is 24.7 Å². The molecule has 0 saturated heterocycles. The van der Waals surface area contributed by atoms with E-state index in [0.717, 1.165) is 4.47 Å². The van der Waals surface area contributed by atoms with E-state index >= 15 is 0 Å². The van der Waals surface area contributed by atoms with Gasteiger partial charge in [-0.05, 0) is 48.5 Å². The molecule has 3 aromatic carbocycles. The van der Waals surface area contributed by atoms with Crippen LogP contribution in [0.25, 0.3) is 0 Å². The Morgan fingerprint density at radius 2 is 1.74 bits per heavy atom. The molecule has 0 radical (unpaired) electrons. The predicted molar refractivity (Wildman–Crippen MR) is 123 cm³/mol. The number of esters is 1. The van der Waals surface area contributed by atoms with Crippen molar-refractivity contribution in [1.82, 2.24) is 5.43 Å². The highest BCUT2D eigenvalue weighted by molar-refractivity contribution is 9.10. The normalized spacial score (nSPS) is 10.7. The summed E-state index contributed by atoms with van der Waals surface area (Å²) in [5.74, 6) is -0.388. The van der Waals surface area contributed by atoms with Crippen molar-refractivity contribution < 1.29 is 19.1 Å². The highest BCUT2D eigenvalue weighted by atomic mass is 79.9. The lowest BCUT2D eigenvalue weighted by atomic mass is 10.2. The average Bonchev–Trinajstić information content (AvgIpc) is 2.75. The summed E-state index contributed by atoms with van der Waals surface area (Å²) in [5.41, 5.74) is 3.25. The van der Waals surface area contributed by atoms with Gasteiger partial charge in [-0.15, -0.1) is 0 Å². The maximum atomic E-state index is 12.3. The molecule has 0 aliphatic rings. The second-order valence-corrected chi connectivity index (χ2v) is 7.85. The number of ether oxygens (including phenoxy) is 2. The van der Waals surface area contributed by atoms with Gasteiger partial charge in [0.05, 0.1) is 16.8 Å². The number of hydrogen-bond acceptors (Lipinski definition) is 5. The van der Waals surface area contributed by atoms with E-state index in [2.05, 4.69) is 26.5 Å². The molecule has 0 atom stereocenters. The first-order valence-corrected chi connectivity index (χ1v) is 10.4. The second-order valence-electron chi connectivity index (χ2n) is 6.09. The van der Waals surface area contributed by atoms with Crippen LogP contribution in [0.2, 0.25) is 10.0 Å². The largest absolute Gasteiger partial charge is 0.482 e. The van der Waals surface area contributed by atoms with Crippen LogP contribution < -0.4 is 14.9 Å². The Morgan fingerprint density at radius 3 is 2.48 bits per heavy atom. The number of nitrogens with zero attached hydrogens (tertiary/aromatic N) is 1. The first-order valence-electron chi connectivity index (χ1n) is 8.89. The van der Waals surface area contributed by atoms with Crippen molar-refractivity contribution in [2.24, 2.45) is 5.10 Å². The van der Waals surface area contributed by atoms with Gasteiger partial charge in [0.15, 0.2) is 6.61 Å². The Morgan fingerprint density at radius 1 is 1.00 bits per heavy atom. The molecule has 0 unspecified atom stereocenters. The van der Waals surface area contributed by atoms with Gasteiger partial charge in [-0.1, -0.05) is 57.3 Å². The highest BCUT2D eigenvalue weighted by Gasteiger charge is 2.11. The molecule has 0 saturated carbocycles. The number of amides is 1. The molecule has 3 rings (SSSR count). The third-order valence-corrected chi connectivity index (χ3v) is 4.85. The minimum Gasteiger partial charge on any atom is -0.482 e. The van der Waals surface area contributed by atoms with Crippen molar-refractivity contribution in [3.05, 3.63) is 92.4 Å². The van der Waals surface area contributed by atoms with Crippen LogP contribution >= 0.6 is 39.1 Å². The molecule has 158 valence electrons. The fourth-order valence-electron chi connectivity index (χ4n) is 2.39. The third-order valence-electron chi connectivity index (χ3n) is 3.83. The van der Waals surface area contributed by atoms with Crippen molar-refractivity contribution >= 4 is 57.2 Å². The Kier molecular flexibility index (Phi) is 8.06. The van der Waals surface area contributed by atoms with Gasteiger partial charge in [0.2, 0.25) is 0 Å². The van der Waals surface area contributed by atoms with Gasteiger partial charge in [0, 0.05) is 15.1 Å². The van der Waals surface area contributed by atoms with Crippen molar-refractivity contribution in [3.8, 4) is 11.5 Å². The van der Waals surface area contributed by atoms with Gasteiger partial charge in [-0.25, -0.2) is 10.2 Å². The zero-order valence-electron chi connectivity index (χ0n) is 15.8. The maximum absolute atomic E-state index is 12.3. The molecule has 0 bridgehead atoms. The van der Waals surface area contributed by atoms with Crippen molar-refractivity contribution in [2.75, 3.05) is 6.61 Å². The molecule has 0 aliphatic carbocycles. The second kappa shape index (κ2) is 10.9. The zero-order chi connectivity index (χ0) is 22.2. The van der Waals surface area contributed by atoms with Crippen LogP contribution in [0.15, 0.2) is 76.3 Å². The van der Waals surface area contributed by atoms with Gasteiger partial charge in [-0.2, -0.15) is 5.10 Å². The van der Waals surface area contributed by atoms with Gasteiger partial charge >= 0.3 is 5.97 Å². The number of halogens is 3. The summed E-state index contributed by atoms with van der Waals surface area (Å²) in [6.07, 6.45) is 1.37. The molecule has 0 fully saturated rings. The first-order chi connectivity index (χ1) is 14.9. The molecule has 0 spiro atoms. The van der Waals surface area contributed by atoms with E-state index in [1.54, 1.807) is 54.6 Å². The van der Waals surface area contributed by atoms with Crippen LogP contribution in [0.4, 0.5) is 0 Å². The lowest BCUT2D eigenvalue weighted by Crippen LogP contribution is -2.24. The predicted octanol–water partition coefficient (Wildman–Crippen LogP) is 5.50. The van der Waals surface area contributed by atoms with Gasteiger partial charge in [-0.3, -0.25) is 4.79 Å². The van der Waals surface area contributed by atoms with E-state index in [0.29, 0.717) is 32.7 Å². The molecule has 9 heteroatoms. The Labute approximate surface area is 196 Å². The molecular weight excluding hydrogens is 507 g/mol. The number of nitrogens with one attached hydrogen (secondary N) is 1. The number of rotatable bonds is 7. The van der Waals surface area contributed by atoms with Gasteiger partial charge < -0.3 is 9.47 Å². The molecular formula is C22H15BrCl2N2O4. The minimum absolute atomic E-state index is 0.291. The van der Waals surface area contributed by atoms with Crippen molar-refractivity contribution in [3.63, 3.8) is 0 Å².